The summed E-state index contributed by atoms with van der Waals surface area (Å²) in [6.45, 7) is 1.12. The number of nitrogens with one attached hydrogen (secondary N) is 1. The lowest BCUT2D eigenvalue weighted by molar-refractivity contribution is 0.102. The van der Waals surface area contributed by atoms with Gasteiger partial charge in [-0.1, -0.05) is 40.6 Å². The summed E-state index contributed by atoms with van der Waals surface area (Å²) in [6, 6.07) is 10.9. The summed E-state index contributed by atoms with van der Waals surface area (Å²) in [5, 5.41) is 12.8. The van der Waals surface area contributed by atoms with E-state index in [4.69, 9.17) is 23.2 Å². The minimum absolute atomic E-state index is 0.243. The molecule has 0 aliphatic rings. The topological polar surface area (TPSA) is 58.1 Å². The number of halogens is 3. The molecule has 9 heteroatoms. The van der Waals surface area contributed by atoms with Crippen LogP contribution in [0.1, 0.15) is 20.4 Å². The van der Waals surface area contributed by atoms with Crippen molar-refractivity contribution in [2.75, 3.05) is 12.4 Å². The fraction of sp³-hybridized carbons (Fsp3) is 0.167. The van der Waals surface area contributed by atoms with Crippen molar-refractivity contribution < 1.29 is 9.18 Å². The predicted octanol–water partition coefficient (Wildman–Crippen LogP) is 4.87. The van der Waals surface area contributed by atoms with E-state index in [9.17, 15) is 9.18 Å². The second-order valence-corrected chi connectivity index (χ2v) is 7.78. The first-order valence-electron chi connectivity index (χ1n) is 7.92. The lowest BCUT2D eigenvalue weighted by atomic mass is 10.2. The van der Waals surface area contributed by atoms with Gasteiger partial charge in [0.15, 0.2) is 0 Å². The third-order valence-corrected chi connectivity index (χ3v) is 5.12. The van der Waals surface area contributed by atoms with E-state index in [-0.39, 0.29) is 16.7 Å². The quantitative estimate of drug-likeness (QED) is 0.613. The van der Waals surface area contributed by atoms with Gasteiger partial charge in [-0.25, -0.2) is 4.39 Å². The number of carbonyl (C=O) groups is 1. The normalized spacial score (nSPS) is 11.0. The van der Waals surface area contributed by atoms with Crippen LogP contribution >= 0.6 is 34.5 Å². The summed E-state index contributed by atoms with van der Waals surface area (Å²) >= 11 is 13.3. The number of amides is 1. The molecular formula is C18H15Cl2FN4OS. The van der Waals surface area contributed by atoms with Crippen molar-refractivity contribution in [3.8, 4) is 0 Å². The van der Waals surface area contributed by atoms with Gasteiger partial charge in [0.2, 0.25) is 5.01 Å². The summed E-state index contributed by atoms with van der Waals surface area (Å²) in [6.07, 6.45) is 0. The SMILES string of the molecule is CN(Cc1nnc(C(=O)Nc2ccc(F)cc2)s1)Cc1ccc(Cl)cc1Cl. The summed E-state index contributed by atoms with van der Waals surface area (Å²) in [4.78, 5) is 14.2. The van der Waals surface area contributed by atoms with Crippen LogP contribution in [-0.4, -0.2) is 28.1 Å². The second-order valence-electron chi connectivity index (χ2n) is 5.87. The van der Waals surface area contributed by atoms with E-state index in [1.54, 1.807) is 12.1 Å². The largest absolute Gasteiger partial charge is 0.320 e. The van der Waals surface area contributed by atoms with Gasteiger partial charge in [-0.3, -0.25) is 9.69 Å². The number of nitrogens with zero attached hydrogens (tertiary/aromatic N) is 3. The van der Waals surface area contributed by atoms with Crippen LogP contribution < -0.4 is 5.32 Å². The first-order valence-corrected chi connectivity index (χ1v) is 9.50. The van der Waals surface area contributed by atoms with Gasteiger partial charge in [0, 0.05) is 22.3 Å². The molecular weight excluding hydrogens is 410 g/mol. The van der Waals surface area contributed by atoms with Crippen LogP contribution in [0.25, 0.3) is 0 Å². The van der Waals surface area contributed by atoms with Gasteiger partial charge in [-0.2, -0.15) is 0 Å². The fourth-order valence-electron chi connectivity index (χ4n) is 2.35. The Morgan fingerprint density at radius 1 is 1.15 bits per heavy atom. The van der Waals surface area contributed by atoms with Crippen LogP contribution in [-0.2, 0) is 13.1 Å². The zero-order chi connectivity index (χ0) is 19.4. The number of hydrogen-bond donors (Lipinski definition) is 1. The van der Waals surface area contributed by atoms with Crippen molar-refractivity contribution in [3.05, 3.63) is 73.9 Å². The molecule has 1 heterocycles. The van der Waals surface area contributed by atoms with Crippen molar-refractivity contribution in [3.63, 3.8) is 0 Å². The molecule has 1 N–H and O–H groups in total. The highest BCUT2D eigenvalue weighted by Crippen LogP contribution is 2.23. The molecule has 0 saturated carbocycles. The maximum Gasteiger partial charge on any atom is 0.286 e. The van der Waals surface area contributed by atoms with Crippen molar-refractivity contribution in [2.45, 2.75) is 13.1 Å². The van der Waals surface area contributed by atoms with Gasteiger partial charge < -0.3 is 5.32 Å². The number of hydrogen-bond acceptors (Lipinski definition) is 5. The molecule has 1 amide bonds. The van der Waals surface area contributed by atoms with Crippen molar-refractivity contribution in [1.29, 1.82) is 0 Å². The van der Waals surface area contributed by atoms with Crippen molar-refractivity contribution in [2.24, 2.45) is 0 Å². The van der Waals surface area contributed by atoms with E-state index < -0.39 is 0 Å². The van der Waals surface area contributed by atoms with Crippen LogP contribution in [0.15, 0.2) is 42.5 Å². The number of aromatic nitrogens is 2. The van der Waals surface area contributed by atoms with Gasteiger partial charge in [-0.15, -0.1) is 10.2 Å². The molecule has 0 saturated heterocycles. The minimum Gasteiger partial charge on any atom is -0.320 e. The Labute approximate surface area is 169 Å². The Morgan fingerprint density at radius 2 is 1.89 bits per heavy atom. The third-order valence-electron chi connectivity index (χ3n) is 3.62. The van der Waals surface area contributed by atoms with E-state index in [2.05, 4.69) is 15.5 Å². The molecule has 3 aromatic rings. The van der Waals surface area contributed by atoms with Crippen LogP contribution in [0.3, 0.4) is 0 Å². The first kappa shape index (κ1) is 19.7. The smallest absolute Gasteiger partial charge is 0.286 e. The fourth-order valence-corrected chi connectivity index (χ4v) is 3.64. The van der Waals surface area contributed by atoms with Gasteiger partial charge in [0.25, 0.3) is 5.91 Å². The Morgan fingerprint density at radius 3 is 2.59 bits per heavy atom. The van der Waals surface area contributed by atoms with E-state index in [0.29, 0.717) is 33.8 Å². The van der Waals surface area contributed by atoms with Crippen LogP contribution in [0.2, 0.25) is 10.0 Å². The first-order chi connectivity index (χ1) is 12.9. The van der Waals surface area contributed by atoms with E-state index in [1.807, 2.05) is 18.0 Å². The van der Waals surface area contributed by atoms with Crippen LogP contribution in [0.4, 0.5) is 10.1 Å². The lowest BCUT2D eigenvalue weighted by Gasteiger charge is -2.15. The molecule has 0 aliphatic heterocycles. The van der Waals surface area contributed by atoms with Crippen molar-refractivity contribution in [1.82, 2.24) is 15.1 Å². The zero-order valence-corrected chi connectivity index (χ0v) is 16.6. The van der Waals surface area contributed by atoms with Crippen LogP contribution in [0, 0.1) is 5.82 Å². The highest BCUT2D eigenvalue weighted by molar-refractivity contribution is 7.13. The van der Waals surface area contributed by atoms with Crippen LogP contribution in [0.5, 0.6) is 0 Å². The molecule has 3 rings (SSSR count). The molecule has 0 unspecified atom stereocenters. The van der Waals surface area contributed by atoms with Gasteiger partial charge in [-0.05, 0) is 49.0 Å². The number of anilines is 1. The van der Waals surface area contributed by atoms with E-state index in [0.717, 1.165) is 5.56 Å². The Kier molecular flexibility index (Phi) is 6.38. The zero-order valence-electron chi connectivity index (χ0n) is 14.2. The van der Waals surface area contributed by atoms with Gasteiger partial charge >= 0.3 is 0 Å². The highest BCUT2D eigenvalue weighted by atomic mass is 35.5. The number of rotatable bonds is 6. The molecule has 27 heavy (non-hydrogen) atoms. The molecule has 0 bridgehead atoms. The third kappa shape index (κ3) is 5.46. The molecule has 2 aromatic carbocycles. The van der Waals surface area contributed by atoms with Gasteiger partial charge in [0.05, 0.1) is 6.54 Å². The summed E-state index contributed by atoms with van der Waals surface area (Å²) in [7, 11) is 1.92. The summed E-state index contributed by atoms with van der Waals surface area (Å²) in [5.74, 6) is -0.746. The molecule has 140 valence electrons. The Bertz CT molecular complexity index is 949. The Balaban J connectivity index is 1.59. The summed E-state index contributed by atoms with van der Waals surface area (Å²) < 4.78 is 12.9. The lowest BCUT2D eigenvalue weighted by Crippen LogP contribution is -2.17. The van der Waals surface area contributed by atoms with E-state index in [1.165, 1.54) is 35.6 Å². The summed E-state index contributed by atoms with van der Waals surface area (Å²) in [5.41, 5.74) is 1.44. The minimum atomic E-state index is -0.381. The average molecular weight is 425 g/mol. The van der Waals surface area contributed by atoms with Crippen molar-refractivity contribution >= 4 is 46.1 Å². The highest BCUT2D eigenvalue weighted by Gasteiger charge is 2.15. The number of carbonyl (C=O) groups excluding carboxylic acids is 1. The van der Waals surface area contributed by atoms with Gasteiger partial charge in [0.1, 0.15) is 10.8 Å². The molecule has 0 radical (unpaired) electrons. The predicted molar refractivity (Wildman–Crippen MR) is 106 cm³/mol. The monoisotopic (exact) mass is 424 g/mol. The molecule has 0 spiro atoms. The molecule has 1 aromatic heterocycles. The standard InChI is InChI=1S/C18H15Cl2FN4OS/c1-25(9-11-2-3-12(19)8-15(11)20)10-16-23-24-18(27-16)17(26)22-14-6-4-13(21)5-7-14/h2-8H,9-10H2,1H3,(H,22,26). The maximum absolute atomic E-state index is 12.9. The molecule has 5 nitrogen and oxygen atoms in total. The maximum atomic E-state index is 12.9. The molecule has 0 atom stereocenters. The molecule has 0 aliphatic carbocycles. The number of benzene rings is 2. The average Bonchev–Trinajstić information content (AvgIpc) is 3.08. The Hall–Kier alpha value is -2.06. The van der Waals surface area contributed by atoms with E-state index >= 15 is 0 Å². The second kappa shape index (κ2) is 8.75. The molecule has 0 fully saturated rings.